The molecule has 110 valence electrons. The van der Waals surface area contributed by atoms with Gasteiger partial charge in [-0.1, -0.05) is 31.5 Å². The fraction of sp³-hybridized carbons (Fsp3) is 0.250. The molecule has 5 heteroatoms. The van der Waals surface area contributed by atoms with Gasteiger partial charge in [0.15, 0.2) is 0 Å². The first-order chi connectivity index (χ1) is 10.2. The number of benzene rings is 2. The van der Waals surface area contributed by atoms with E-state index in [0.29, 0.717) is 29.4 Å². The molecule has 2 aromatic rings. The van der Waals surface area contributed by atoms with Crippen LogP contribution >= 0.6 is 0 Å². The van der Waals surface area contributed by atoms with Crippen molar-refractivity contribution >= 4 is 22.7 Å². The minimum absolute atomic E-state index is 0.482. The van der Waals surface area contributed by atoms with Crippen LogP contribution in [0.5, 0.6) is 5.75 Å². The Hall–Kier alpha value is -2.56. The van der Waals surface area contributed by atoms with Crippen LogP contribution in [0.25, 0.3) is 0 Å². The fourth-order valence-electron chi connectivity index (χ4n) is 1.75. The van der Waals surface area contributed by atoms with Crippen molar-refractivity contribution in [3.8, 4) is 5.75 Å². The molecule has 0 aliphatic carbocycles. The lowest BCUT2D eigenvalue weighted by Crippen LogP contribution is -2.01. The topological polar surface area (TPSA) is 86.0 Å². The van der Waals surface area contributed by atoms with E-state index in [4.69, 9.17) is 16.2 Å². The highest BCUT2D eigenvalue weighted by Gasteiger charge is 2.06. The maximum atomic E-state index is 5.92. The first-order valence-electron chi connectivity index (χ1n) is 6.99. The molecule has 0 saturated heterocycles. The average Bonchev–Trinajstić information content (AvgIpc) is 2.49. The Kier molecular flexibility index (Phi) is 5.15. The van der Waals surface area contributed by atoms with Crippen molar-refractivity contribution in [2.24, 2.45) is 10.2 Å². The number of nitrogens with two attached hydrogens (primary N) is 2. The van der Waals surface area contributed by atoms with Gasteiger partial charge < -0.3 is 16.2 Å². The third kappa shape index (κ3) is 4.21. The van der Waals surface area contributed by atoms with Gasteiger partial charge in [-0.15, -0.1) is 5.11 Å². The van der Waals surface area contributed by atoms with Crippen molar-refractivity contribution in [2.75, 3.05) is 18.1 Å². The summed E-state index contributed by atoms with van der Waals surface area (Å²) in [5.41, 5.74) is 14.1. The molecule has 2 aromatic carbocycles. The molecule has 0 amide bonds. The lowest BCUT2D eigenvalue weighted by Gasteiger charge is -2.10. The number of hydrogen-bond acceptors (Lipinski definition) is 5. The van der Waals surface area contributed by atoms with Crippen LogP contribution in [0.15, 0.2) is 52.7 Å². The predicted molar refractivity (Wildman–Crippen MR) is 86.3 cm³/mol. The standard InChI is InChI=1S/C16H20N4O/c1-2-3-9-21-16-11-15(13(17)10-14(16)18)20-19-12-7-5-4-6-8-12/h4-8,10-11H,2-3,9,17-18H2,1H3. The number of anilines is 2. The van der Waals surface area contributed by atoms with Gasteiger partial charge in [-0.05, 0) is 24.6 Å². The van der Waals surface area contributed by atoms with Gasteiger partial charge >= 0.3 is 0 Å². The lowest BCUT2D eigenvalue weighted by atomic mass is 10.2. The number of hydrogen-bond donors (Lipinski definition) is 2. The Balaban J connectivity index is 2.18. The van der Waals surface area contributed by atoms with Gasteiger partial charge in [-0.3, -0.25) is 0 Å². The maximum Gasteiger partial charge on any atom is 0.144 e. The SMILES string of the molecule is CCCCOc1cc(N=Nc2ccccc2)c(N)cc1N. The number of unbranched alkanes of at least 4 members (excludes halogenated alkanes) is 1. The van der Waals surface area contributed by atoms with Gasteiger partial charge in [0.1, 0.15) is 11.4 Å². The normalized spacial score (nSPS) is 10.9. The van der Waals surface area contributed by atoms with Crippen LogP contribution in [0.2, 0.25) is 0 Å². The van der Waals surface area contributed by atoms with Crippen molar-refractivity contribution in [1.82, 2.24) is 0 Å². The van der Waals surface area contributed by atoms with Crippen molar-refractivity contribution in [2.45, 2.75) is 19.8 Å². The second kappa shape index (κ2) is 7.28. The second-order valence-corrected chi connectivity index (χ2v) is 4.69. The molecular weight excluding hydrogens is 264 g/mol. The number of nitrogens with zero attached hydrogens (tertiary/aromatic N) is 2. The Labute approximate surface area is 124 Å². The molecule has 4 N–H and O–H groups in total. The molecule has 0 aliphatic rings. The summed E-state index contributed by atoms with van der Waals surface area (Å²) in [6, 6.07) is 12.9. The predicted octanol–water partition coefficient (Wildman–Crippen LogP) is 4.45. The highest BCUT2D eigenvalue weighted by Crippen LogP contribution is 2.34. The Morgan fingerprint density at radius 3 is 2.48 bits per heavy atom. The molecule has 0 saturated carbocycles. The van der Waals surface area contributed by atoms with Gasteiger partial charge in [-0.25, -0.2) is 0 Å². The van der Waals surface area contributed by atoms with E-state index >= 15 is 0 Å². The minimum atomic E-state index is 0.482. The van der Waals surface area contributed by atoms with Gasteiger partial charge in [0, 0.05) is 6.07 Å². The molecular formula is C16H20N4O. The number of rotatable bonds is 6. The van der Waals surface area contributed by atoms with Crippen molar-refractivity contribution in [1.29, 1.82) is 0 Å². The molecule has 0 aliphatic heterocycles. The summed E-state index contributed by atoms with van der Waals surface area (Å²) in [7, 11) is 0. The summed E-state index contributed by atoms with van der Waals surface area (Å²) in [4.78, 5) is 0. The van der Waals surface area contributed by atoms with E-state index in [0.717, 1.165) is 18.5 Å². The number of nitrogen functional groups attached to an aromatic ring is 2. The zero-order valence-corrected chi connectivity index (χ0v) is 12.1. The Morgan fingerprint density at radius 1 is 1.00 bits per heavy atom. The summed E-state index contributed by atoms with van der Waals surface area (Å²) in [6.07, 6.45) is 2.04. The van der Waals surface area contributed by atoms with Crippen LogP contribution in [-0.2, 0) is 0 Å². The number of ether oxygens (including phenoxy) is 1. The van der Waals surface area contributed by atoms with Crippen molar-refractivity contribution in [3.05, 3.63) is 42.5 Å². The Bertz CT molecular complexity index is 611. The molecule has 0 bridgehead atoms. The summed E-state index contributed by atoms with van der Waals surface area (Å²) < 4.78 is 5.64. The maximum absolute atomic E-state index is 5.92. The van der Waals surface area contributed by atoms with E-state index in [-0.39, 0.29) is 0 Å². The summed E-state index contributed by atoms with van der Waals surface area (Å²) >= 11 is 0. The monoisotopic (exact) mass is 284 g/mol. The fourth-order valence-corrected chi connectivity index (χ4v) is 1.75. The molecule has 0 aromatic heterocycles. The molecule has 0 heterocycles. The summed E-state index contributed by atoms with van der Waals surface area (Å²) in [6.45, 7) is 2.73. The third-order valence-electron chi connectivity index (χ3n) is 2.94. The molecule has 0 fully saturated rings. The summed E-state index contributed by atoms with van der Waals surface area (Å²) in [5, 5.41) is 8.32. The average molecular weight is 284 g/mol. The van der Waals surface area contributed by atoms with Crippen LogP contribution in [0.4, 0.5) is 22.7 Å². The van der Waals surface area contributed by atoms with E-state index in [1.54, 1.807) is 12.1 Å². The van der Waals surface area contributed by atoms with E-state index in [1.807, 2.05) is 30.3 Å². The second-order valence-electron chi connectivity index (χ2n) is 4.69. The molecule has 0 radical (unpaired) electrons. The minimum Gasteiger partial charge on any atom is -0.491 e. The molecule has 2 rings (SSSR count). The highest BCUT2D eigenvalue weighted by molar-refractivity contribution is 5.73. The highest BCUT2D eigenvalue weighted by atomic mass is 16.5. The van der Waals surface area contributed by atoms with E-state index in [1.165, 1.54) is 0 Å². The van der Waals surface area contributed by atoms with E-state index < -0.39 is 0 Å². The van der Waals surface area contributed by atoms with Gasteiger partial charge in [-0.2, -0.15) is 5.11 Å². The van der Waals surface area contributed by atoms with Gasteiger partial charge in [0.05, 0.1) is 23.7 Å². The van der Waals surface area contributed by atoms with Gasteiger partial charge in [0.2, 0.25) is 0 Å². The van der Waals surface area contributed by atoms with Crippen LogP contribution < -0.4 is 16.2 Å². The first kappa shape index (κ1) is 14.8. The van der Waals surface area contributed by atoms with E-state index in [9.17, 15) is 0 Å². The van der Waals surface area contributed by atoms with Gasteiger partial charge in [0.25, 0.3) is 0 Å². The quantitative estimate of drug-likeness (QED) is 0.467. The largest absolute Gasteiger partial charge is 0.491 e. The zero-order chi connectivity index (χ0) is 15.1. The van der Waals surface area contributed by atoms with Crippen LogP contribution in [-0.4, -0.2) is 6.61 Å². The molecule has 5 nitrogen and oxygen atoms in total. The van der Waals surface area contributed by atoms with Crippen molar-refractivity contribution in [3.63, 3.8) is 0 Å². The molecule has 0 unspecified atom stereocenters. The zero-order valence-electron chi connectivity index (χ0n) is 12.1. The smallest absolute Gasteiger partial charge is 0.144 e. The van der Waals surface area contributed by atoms with Crippen molar-refractivity contribution < 1.29 is 4.74 Å². The van der Waals surface area contributed by atoms with E-state index in [2.05, 4.69) is 17.2 Å². The number of azo groups is 1. The summed E-state index contributed by atoms with van der Waals surface area (Å²) in [5.74, 6) is 0.597. The third-order valence-corrected chi connectivity index (χ3v) is 2.94. The van der Waals surface area contributed by atoms with Crippen LogP contribution in [0.1, 0.15) is 19.8 Å². The Morgan fingerprint density at radius 2 is 1.76 bits per heavy atom. The molecule has 0 atom stereocenters. The van der Waals surface area contributed by atoms with Crippen LogP contribution in [0.3, 0.4) is 0 Å². The molecule has 21 heavy (non-hydrogen) atoms. The lowest BCUT2D eigenvalue weighted by molar-refractivity contribution is 0.311. The van der Waals surface area contributed by atoms with Crippen LogP contribution in [0, 0.1) is 0 Å². The first-order valence-corrected chi connectivity index (χ1v) is 6.99. The molecule has 0 spiro atoms.